The summed E-state index contributed by atoms with van der Waals surface area (Å²) in [7, 11) is 0. The Bertz CT molecular complexity index is 449. The van der Waals surface area contributed by atoms with E-state index in [1.165, 1.54) is 32.1 Å². The van der Waals surface area contributed by atoms with Crippen molar-refractivity contribution in [1.82, 2.24) is 0 Å². The Kier molecular flexibility index (Phi) is 10.4. The molecule has 1 rings (SSSR count). The average molecular weight is 513 g/mol. The molecule has 0 heterocycles. The molecular weight excluding hydrogens is 492 g/mol. The van der Waals surface area contributed by atoms with Crippen LogP contribution in [0.1, 0.15) is 51.0 Å². The summed E-state index contributed by atoms with van der Waals surface area (Å²) in [4.78, 5) is 0. The summed E-state index contributed by atoms with van der Waals surface area (Å²) in [6.45, 7) is 3.24. The second-order valence-corrected chi connectivity index (χ2v) is 7.14. The molecule has 21 heavy (non-hydrogen) atoms. The molecule has 1 aromatic rings. The van der Waals surface area contributed by atoms with Gasteiger partial charge in [-0.3, -0.25) is 0 Å². The lowest BCUT2D eigenvalue weighted by Gasteiger charge is -2.11. The van der Waals surface area contributed by atoms with Crippen molar-refractivity contribution >= 4 is 45.2 Å². The van der Waals surface area contributed by atoms with Gasteiger partial charge in [-0.25, -0.2) is 0 Å². The number of hydrogen-bond donors (Lipinski definition) is 0. The number of nitriles is 1. The first-order valence-electron chi connectivity index (χ1n) is 7.28. The maximum Gasteiger partial charge on any atom is 0.189 e. The van der Waals surface area contributed by atoms with Gasteiger partial charge in [0.25, 0.3) is 0 Å². The first-order chi connectivity index (χ1) is 10.2. The lowest BCUT2D eigenvalue weighted by atomic mass is 10.1. The molecule has 0 spiro atoms. The Balaban J connectivity index is 2.20. The molecule has 0 bridgehead atoms. The molecule has 0 radical (unpaired) electrons. The summed E-state index contributed by atoms with van der Waals surface area (Å²) in [6.07, 6.45) is 7.56. The fourth-order valence-corrected chi connectivity index (χ4v) is 3.99. The van der Waals surface area contributed by atoms with E-state index in [4.69, 9.17) is 14.7 Å². The maximum atomic E-state index is 8.91. The lowest BCUT2D eigenvalue weighted by Crippen LogP contribution is -2.06. The zero-order valence-electron chi connectivity index (χ0n) is 12.3. The summed E-state index contributed by atoms with van der Waals surface area (Å²) in [5, 5.41) is 8.91. The number of rotatable bonds is 10. The standard InChI is InChI=1S/C16H21I2NO2/c1-2-3-4-5-6-7-8-20-12-21-16-14(17)9-13(11-19)10-15(16)18/h9-10H,2-8,12H2,1H3. The zero-order chi connectivity index (χ0) is 15.5. The molecular formula is C16H21I2NO2. The van der Waals surface area contributed by atoms with E-state index in [1.54, 1.807) is 0 Å². The highest BCUT2D eigenvalue weighted by molar-refractivity contribution is 14.1. The van der Waals surface area contributed by atoms with Crippen LogP contribution in [0.2, 0.25) is 0 Å². The topological polar surface area (TPSA) is 42.2 Å². The van der Waals surface area contributed by atoms with Crippen LogP contribution in [0.15, 0.2) is 12.1 Å². The van der Waals surface area contributed by atoms with Gasteiger partial charge >= 0.3 is 0 Å². The van der Waals surface area contributed by atoms with Gasteiger partial charge in [-0.05, 0) is 63.7 Å². The van der Waals surface area contributed by atoms with Gasteiger partial charge in [0, 0.05) is 0 Å². The summed E-state index contributed by atoms with van der Waals surface area (Å²) < 4.78 is 13.1. The molecule has 0 amide bonds. The van der Waals surface area contributed by atoms with Crippen LogP contribution in [0.5, 0.6) is 5.75 Å². The number of hydrogen-bond acceptors (Lipinski definition) is 3. The van der Waals surface area contributed by atoms with Gasteiger partial charge in [0.1, 0.15) is 5.75 Å². The highest BCUT2D eigenvalue weighted by Crippen LogP contribution is 2.28. The summed E-state index contributed by atoms with van der Waals surface area (Å²) in [5.41, 5.74) is 0.657. The van der Waals surface area contributed by atoms with Gasteiger partial charge in [-0.15, -0.1) is 0 Å². The number of nitrogens with zero attached hydrogens (tertiary/aromatic N) is 1. The lowest BCUT2D eigenvalue weighted by molar-refractivity contribution is 0.0125. The predicted octanol–water partition coefficient (Wildman–Crippen LogP) is 5.48. The maximum absolute atomic E-state index is 8.91. The molecule has 116 valence electrons. The minimum atomic E-state index is 0.271. The van der Waals surface area contributed by atoms with Crippen LogP contribution in [0.3, 0.4) is 0 Å². The van der Waals surface area contributed by atoms with Crippen molar-refractivity contribution in [2.75, 3.05) is 13.4 Å². The van der Waals surface area contributed by atoms with Crippen LogP contribution in [0, 0.1) is 18.5 Å². The van der Waals surface area contributed by atoms with E-state index in [1.807, 2.05) is 12.1 Å². The molecule has 0 aromatic heterocycles. The van der Waals surface area contributed by atoms with Crippen LogP contribution in [-0.4, -0.2) is 13.4 Å². The molecule has 0 N–H and O–H groups in total. The van der Waals surface area contributed by atoms with Gasteiger partial charge in [0.05, 0.1) is 25.4 Å². The Morgan fingerprint density at radius 2 is 1.67 bits per heavy atom. The van der Waals surface area contributed by atoms with E-state index in [0.29, 0.717) is 5.56 Å². The largest absolute Gasteiger partial charge is 0.465 e. The van der Waals surface area contributed by atoms with Gasteiger partial charge in [-0.2, -0.15) is 5.26 Å². The fourth-order valence-electron chi connectivity index (χ4n) is 1.91. The third-order valence-corrected chi connectivity index (χ3v) is 4.66. The van der Waals surface area contributed by atoms with Gasteiger partial charge in [0.2, 0.25) is 0 Å². The van der Waals surface area contributed by atoms with E-state index in [2.05, 4.69) is 58.2 Å². The molecule has 0 fully saturated rings. The highest BCUT2D eigenvalue weighted by atomic mass is 127. The molecule has 0 aliphatic rings. The molecule has 0 unspecified atom stereocenters. The van der Waals surface area contributed by atoms with E-state index < -0.39 is 0 Å². The third kappa shape index (κ3) is 7.66. The smallest absolute Gasteiger partial charge is 0.189 e. The van der Waals surface area contributed by atoms with Crippen molar-refractivity contribution in [3.05, 3.63) is 24.8 Å². The van der Waals surface area contributed by atoms with Crippen molar-refractivity contribution in [1.29, 1.82) is 5.26 Å². The van der Waals surface area contributed by atoms with Gasteiger partial charge < -0.3 is 9.47 Å². The van der Waals surface area contributed by atoms with E-state index in [0.717, 1.165) is 25.9 Å². The van der Waals surface area contributed by atoms with Crippen LogP contribution in [0.4, 0.5) is 0 Å². The van der Waals surface area contributed by atoms with Gasteiger partial charge in [0.15, 0.2) is 6.79 Å². The number of ether oxygens (including phenoxy) is 2. The first-order valence-corrected chi connectivity index (χ1v) is 9.44. The van der Waals surface area contributed by atoms with E-state index in [-0.39, 0.29) is 6.79 Å². The molecule has 0 saturated heterocycles. The summed E-state index contributed by atoms with van der Waals surface area (Å²) in [5.74, 6) is 0.804. The molecule has 0 aliphatic heterocycles. The monoisotopic (exact) mass is 513 g/mol. The van der Waals surface area contributed by atoms with Crippen LogP contribution in [0.25, 0.3) is 0 Å². The Morgan fingerprint density at radius 1 is 1.05 bits per heavy atom. The van der Waals surface area contributed by atoms with E-state index >= 15 is 0 Å². The first kappa shape index (κ1) is 19.0. The minimum absolute atomic E-state index is 0.271. The zero-order valence-corrected chi connectivity index (χ0v) is 16.6. The Morgan fingerprint density at radius 3 is 2.29 bits per heavy atom. The predicted molar refractivity (Wildman–Crippen MR) is 101 cm³/mol. The molecule has 1 aromatic carbocycles. The molecule has 3 nitrogen and oxygen atoms in total. The average Bonchev–Trinajstić information content (AvgIpc) is 2.47. The molecule has 0 aliphatic carbocycles. The molecule has 0 atom stereocenters. The number of halogens is 2. The van der Waals surface area contributed by atoms with Crippen molar-refractivity contribution < 1.29 is 9.47 Å². The SMILES string of the molecule is CCCCCCCCOCOc1c(I)cc(C#N)cc1I. The Labute approximate surface area is 154 Å². The van der Waals surface area contributed by atoms with Crippen molar-refractivity contribution in [3.63, 3.8) is 0 Å². The third-order valence-electron chi connectivity index (χ3n) is 3.06. The fraction of sp³-hybridized carbons (Fsp3) is 0.562. The van der Waals surface area contributed by atoms with Crippen molar-refractivity contribution in [3.8, 4) is 11.8 Å². The normalized spacial score (nSPS) is 10.4. The highest BCUT2D eigenvalue weighted by Gasteiger charge is 2.08. The molecule has 5 heteroatoms. The summed E-state index contributed by atoms with van der Waals surface area (Å²) >= 11 is 4.37. The van der Waals surface area contributed by atoms with Crippen LogP contribution >= 0.6 is 45.2 Å². The second-order valence-electron chi connectivity index (χ2n) is 4.82. The Hall–Kier alpha value is -0.0700. The van der Waals surface area contributed by atoms with Crippen LogP contribution < -0.4 is 4.74 Å². The van der Waals surface area contributed by atoms with E-state index in [9.17, 15) is 0 Å². The minimum Gasteiger partial charge on any atom is -0.465 e. The van der Waals surface area contributed by atoms with Gasteiger partial charge in [-0.1, -0.05) is 39.0 Å². The van der Waals surface area contributed by atoms with Crippen LogP contribution in [-0.2, 0) is 4.74 Å². The quantitative estimate of drug-likeness (QED) is 0.237. The second kappa shape index (κ2) is 11.5. The summed E-state index contributed by atoms with van der Waals surface area (Å²) in [6, 6.07) is 5.79. The number of benzene rings is 1. The van der Waals surface area contributed by atoms with Crippen molar-refractivity contribution in [2.24, 2.45) is 0 Å². The van der Waals surface area contributed by atoms with Crippen molar-refractivity contribution in [2.45, 2.75) is 45.4 Å². The number of unbranched alkanes of at least 4 members (excludes halogenated alkanes) is 5. The molecule has 0 saturated carbocycles.